The van der Waals surface area contributed by atoms with Crippen molar-refractivity contribution in [2.75, 3.05) is 0 Å². The third kappa shape index (κ3) is 19.2. The molecule has 0 atom stereocenters. The summed E-state index contributed by atoms with van der Waals surface area (Å²) in [6.45, 7) is 6.63. The van der Waals surface area contributed by atoms with Crippen LogP contribution in [-0.4, -0.2) is 28.6 Å². The summed E-state index contributed by atoms with van der Waals surface area (Å²) in [6, 6.07) is 22.0. The second-order valence-electron chi connectivity index (χ2n) is 16.2. The van der Waals surface area contributed by atoms with Gasteiger partial charge in [0.1, 0.15) is 17.2 Å². The van der Waals surface area contributed by atoms with Crippen LogP contribution in [0.5, 0.6) is 17.2 Å². The highest BCUT2D eigenvalue weighted by molar-refractivity contribution is 5.92. The molecule has 0 spiro atoms. The zero-order valence-corrected chi connectivity index (χ0v) is 36.2. The summed E-state index contributed by atoms with van der Waals surface area (Å²) < 4.78 is 17.5. The summed E-state index contributed by atoms with van der Waals surface area (Å²) in [6.07, 6.45) is 25.0. The molecule has 3 aromatic rings. The third-order valence-corrected chi connectivity index (χ3v) is 11.0. The molecule has 0 aliphatic carbocycles. The number of benzene rings is 3. The number of aryl methyl sites for hydroxylation is 3. The average Bonchev–Trinajstić information content (AvgIpc) is 3.21. The first-order chi connectivity index (χ1) is 28.3. The van der Waals surface area contributed by atoms with Gasteiger partial charge in [0.15, 0.2) is 5.60 Å². The fourth-order valence-electron chi connectivity index (χ4n) is 7.44. The van der Waals surface area contributed by atoms with Crippen LogP contribution in [0.3, 0.4) is 0 Å². The van der Waals surface area contributed by atoms with Crippen molar-refractivity contribution in [2.24, 2.45) is 0 Å². The number of hydrogen-bond acceptors (Lipinski definition) is 7. The van der Waals surface area contributed by atoms with E-state index < -0.39 is 36.4 Å². The number of carbonyl (C=O) groups is 3. The van der Waals surface area contributed by atoms with Gasteiger partial charge in [0.2, 0.25) is 0 Å². The molecule has 7 nitrogen and oxygen atoms in total. The van der Waals surface area contributed by atoms with E-state index in [9.17, 15) is 19.5 Å². The van der Waals surface area contributed by atoms with Crippen molar-refractivity contribution in [3.63, 3.8) is 0 Å². The van der Waals surface area contributed by atoms with E-state index in [0.717, 1.165) is 74.5 Å². The van der Waals surface area contributed by atoms with Crippen LogP contribution in [0.15, 0.2) is 72.8 Å². The Bertz CT molecular complexity index is 1520. The molecule has 0 aliphatic rings. The fourth-order valence-corrected chi connectivity index (χ4v) is 7.44. The summed E-state index contributed by atoms with van der Waals surface area (Å²) in [4.78, 5) is 41.3. The van der Waals surface area contributed by atoms with Crippen molar-refractivity contribution < 1.29 is 33.7 Å². The van der Waals surface area contributed by atoms with Crippen LogP contribution in [0.25, 0.3) is 0 Å². The van der Waals surface area contributed by atoms with E-state index in [0.29, 0.717) is 23.7 Å². The highest BCUT2D eigenvalue weighted by Crippen LogP contribution is 2.29. The van der Waals surface area contributed by atoms with Gasteiger partial charge in [0.05, 0.1) is 12.8 Å². The smallest absolute Gasteiger partial charge is 0.344 e. The summed E-state index contributed by atoms with van der Waals surface area (Å²) in [7, 11) is 0. The lowest BCUT2D eigenvalue weighted by molar-refractivity contribution is -0.166. The lowest BCUT2D eigenvalue weighted by atomic mass is 9.95. The number of hydrogen-bond donors (Lipinski definition) is 1. The molecule has 7 heteroatoms. The maximum atomic E-state index is 14.0. The van der Waals surface area contributed by atoms with Crippen molar-refractivity contribution >= 4 is 17.9 Å². The summed E-state index contributed by atoms with van der Waals surface area (Å²) in [5, 5.41) is 12.0. The molecule has 0 aliphatic heterocycles. The largest absolute Gasteiger partial charge is 0.426 e. The maximum absolute atomic E-state index is 14.0. The number of para-hydroxylation sites is 3. The molecular formula is C51H74O7. The topological polar surface area (TPSA) is 99.1 Å². The number of unbranched alkanes of at least 4 members (excludes halogenated alkanes) is 18. The minimum atomic E-state index is -2.54. The summed E-state index contributed by atoms with van der Waals surface area (Å²) in [5.74, 6) is -1.70. The van der Waals surface area contributed by atoms with Crippen LogP contribution in [0.4, 0.5) is 0 Å². The second kappa shape index (κ2) is 29.3. The van der Waals surface area contributed by atoms with E-state index in [1.807, 2.05) is 36.4 Å². The lowest BCUT2D eigenvalue weighted by Crippen LogP contribution is -2.47. The van der Waals surface area contributed by atoms with E-state index in [4.69, 9.17) is 14.2 Å². The van der Waals surface area contributed by atoms with E-state index >= 15 is 0 Å². The van der Waals surface area contributed by atoms with Gasteiger partial charge in [-0.1, -0.05) is 191 Å². The quantitative estimate of drug-likeness (QED) is 0.0381. The highest BCUT2D eigenvalue weighted by Gasteiger charge is 2.44. The van der Waals surface area contributed by atoms with Gasteiger partial charge in [-0.2, -0.15) is 0 Å². The molecule has 0 amide bonds. The Morgan fingerprint density at radius 3 is 1.02 bits per heavy atom. The minimum Gasteiger partial charge on any atom is -0.426 e. The van der Waals surface area contributed by atoms with E-state index in [1.54, 1.807) is 36.4 Å². The Hall–Kier alpha value is -3.97. The van der Waals surface area contributed by atoms with Crippen LogP contribution < -0.4 is 14.2 Å². The van der Waals surface area contributed by atoms with Gasteiger partial charge < -0.3 is 19.3 Å². The van der Waals surface area contributed by atoms with E-state index in [-0.39, 0.29) is 0 Å². The standard InChI is InChI=1S/C51H74O7/c1-4-7-10-13-16-19-22-31-42-34-25-28-37-45(42)56-48(52)40-51(55,50(54)58-47-39-30-27-36-44(47)33-24-21-18-15-12-9-6-3)41-49(53)57-46-38-29-26-35-43(46)32-23-20-17-14-11-8-5-2/h25-30,34-39,55H,4-24,31-33,40-41H2,1-3H3. The Labute approximate surface area is 350 Å². The van der Waals surface area contributed by atoms with Crippen molar-refractivity contribution in [1.29, 1.82) is 0 Å². The van der Waals surface area contributed by atoms with Gasteiger partial charge in [0, 0.05) is 0 Å². The van der Waals surface area contributed by atoms with Gasteiger partial charge in [-0.05, 0) is 73.4 Å². The molecule has 3 rings (SSSR count). The normalized spacial score (nSPS) is 11.4. The number of carbonyl (C=O) groups excluding carboxylic acids is 3. The monoisotopic (exact) mass is 799 g/mol. The molecule has 0 fully saturated rings. The van der Waals surface area contributed by atoms with E-state index in [1.165, 1.54) is 89.9 Å². The van der Waals surface area contributed by atoms with Crippen LogP contribution in [0, 0.1) is 0 Å². The summed E-state index contributed by atoms with van der Waals surface area (Å²) in [5.41, 5.74) is 0.0515. The van der Waals surface area contributed by atoms with Crippen molar-refractivity contribution in [2.45, 2.75) is 193 Å². The summed E-state index contributed by atoms with van der Waals surface area (Å²) >= 11 is 0. The first-order valence-electron chi connectivity index (χ1n) is 22.9. The predicted molar refractivity (Wildman–Crippen MR) is 236 cm³/mol. The Kier molecular flexibility index (Phi) is 24.4. The maximum Gasteiger partial charge on any atom is 0.344 e. The zero-order valence-electron chi connectivity index (χ0n) is 36.2. The molecule has 0 aromatic heterocycles. The van der Waals surface area contributed by atoms with Crippen LogP contribution in [0.1, 0.15) is 185 Å². The van der Waals surface area contributed by atoms with Crippen LogP contribution in [-0.2, 0) is 33.6 Å². The molecule has 0 saturated carbocycles. The number of aliphatic hydroxyl groups is 1. The highest BCUT2D eigenvalue weighted by atomic mass is 16.6. The van der Waals surface area contributed by atoms with Gasteiger partial charge in [0.25, 0.3) is 0 Å². The number of rotatable bonds is 32. The zero-order chi connectivity index (χ0) is 41.7. The van der Waals surface area contributed by atoms with Crippen molar-refractivity contribution in [1.82, 2.24) is 0 Å². The van der Waals surface area contributed by atoms with Gasteiger partial charge in [-0.15, -0.1) is 0 Å². The molecule has 0 bridgehead atoms. The first kappa shape index (κ1) is 48.4. The Balaban J connectivity index is 1.74. The molecule has 0 heterocycles. The van der Waals surface area contributed by atoms with E-state index in [2.05, 4.69) is 20.8 Å². The molecule has 0 unspecified atom stereocenters. The number of esters is 3. The van der Waals surface area contributed by atoms with Gasteiger partial charge in [-0.3, -0.25) is 9.59 Å². The second-order valence-corrected chi connectivity index (χ2v) is 16.2. The Morgan fingerprint density at radius 2 is 0.690 bits per heavy atom. The lowest BCUT2D eigenvalue weighted by Gasteiger charge is -2.25. The molecule has 3 aromatic carbocycles. The van der Waals surface area contributed by atoms with Gasteiger partial charge in [-0.25, -0.2) is 4.79 Å². The first-order valence-corrected chi connectivity index (χ1v) is 22.9. The Morgan fingerprint density at radius 1 is 0.414 bits per heavy atom. The number of ether oxygens (including phenoxy) is 3. The molecular weight excluding hydrogens is 725 g/mol. The molecule has 58 heavy (non-hydrogen) atoms. The molecule has 0 radical (unpaired) electrons. The third-order valence-electron chi connectivity index (χ3n) is 11.0. The van der Waals surface area contributed by atoms with Crippen molar-refractivity contribution in [3.8, 4) is 17.2 Å². The minimum absolute atomic E-state index is 0.304. The van der Waals surface area contributed by atoms with Crippen LogP contribution in [0.2, 0.25) is 0 Å². The molecule has 1 N–H and O–H groups in total. The predicted octanol–water partition coefficient (Wildman–Crippen LogP) is 13.2. The van der Waals surface area contributed by atoms with Gasteiger partial charge >= 0.3 is 17.9 Å². The SMILES string of the molecule is CCCCCCCCCc1ccccc1OC(=O)CC(O)(CC(=O)Oc1ccccc1CCCCCCCCC)C(=O)Oc1ccccc1CCCCCCCCC. The fraction of sp³-hybridized carbons (Fsp3) is 0.588. The van der Waals surface area contributed by atoms with Crippen LogP contribution >= 0.6 is 0 Å². The van der Waals surface area contributed by atoms with Crippen molar-refractivity contribution in [3.05, 3.63) is 89.5 Å². The molecule has 320 valence electrons. The molecule has 0 saturated heterocycles. The average molecular weight is 799 g/mol.